The molecule has 3 heterocycles. The van der Waals surface area contributed by atoms with E-state index in [1.165, 1.54) is 29.1 Å². The minimum Gasteiger partial charge on any atom is -0.744 e. The smallest absolute Gasteiger partial charge is 0.274 e. The summed E-state index contributed by atoms with van der Waals surface area (Å²) < 4.78 is 33.4. The van der Waals surface area contributed by atoms with Gasteiger partial charge in [0.1, 0.15) is 17.2 Å². The largest absolute Gasteiger partial charge is 0.744 e. The number of para-hydroxylation sites is 1. The second-order valence-electron chi connectivity index (χ2n) is 14.4. The number of hydrogen-bond acceptors (Lipinski definition) is 8. The molecule has 0 bridgehead atoms. The molecule has 0 saturated carbocycles. The standard InChI is InChI=1S/C34H33N4O4.C7H8O3S/c1-33(2)24-14-9-10-15-26(24)35(5)29(33)16-11-17-30-34(3,4)25-19-27(38(41)42)21(18-28(25)36(30)6)20-37-31(39)22-12-7-8-13-23(22)32(37)40;1-6-2-4-7(5-3-6)11(8,9)10/h7-19H,20H2,1-6H3;2-5H,1H3,(H,8,9,10)/q+1;/p-1. The quantitative estimate of drug-likeness (QED) is 0.0668. The monoisotopic (exact) mass is 732 g/mol. The van der Waals surface area contributed by atoms with E-state index in [1.807, 2.05) is 24.9 Å². The van der Waals surface area contributed by atoms with Gasteiger partial charge in [0, 0.05) is 47.6 Å². The lowest BCUT2D eigenvalue weighted by molar-refractivity contribution is -0.401. The SMILES string of the molecule is CN1C(=CC=CC2=[N+](C)c3ccccc3C2(C)C)C(C)(C)c2cc([N+](=O)[O-])c(CN3C(=O)c4ccccc4C3=O)cc21.Cc1ccc(S(=O)(=O)[O-])cc1. The topological polar surface area (TPSA) is 144 Å². The lowest BCUT2D eigenvalue weighted by Gasteiger charge is -2.23. The maximum Gasteiger partial charge on any atom is 0.274 e. The molecule has 2 amide bonds. The fraction of sp³-hybridized carbons (Fsp3) is 0.244. The number of carbonyl (C=O) groups is 2. The van der Waals surface area contributed by atoms with E-state index in [0.29, 0.717) is 16.7 Å². The first-order valence-electron chi connectivity index (χ1n) is 17.0. The van der Waals surface area contributed by atoms with E-state index < -0.39 is 32.3 Å². The van der Waals surface area contributed by atoms with Crippen LogP contribution >= 0.6 is 0 Å². The molecular formula is C41H40N4O7S. The summed E-state index contributed by atoms with van der Waals surface area (Å²) in [5, 5.41) is 12.2. The van der Waals surface area contributed by atoms with Crippen LogP contribution in [0.3, 0.4) is 0 Å². The van der Waals surface area contributed by atoms with E-state index in [2.05, 4.69) is 75.7 Å². The third kappa shape index (κ3) is 6.49. The van der Waals surface area contributed by atoms with E-state index >= 15 is 0 Å². The maximum absolute atomic E-state index is 13.0. The normalized spacial score (nSPS) is 17.6. The lowest BCUT2D eigenvalue weighted by Crippen LogP contribution is -2.29. The summed E-state index contributed by atoms with van der Waals surface area (Å²) >= 11 is 0. The van der Waals surface area contributed by atoms with Crippen molar-refractivity contribution >= 4 is 44.7 Å². The molecule has 53 heavy (non-hydrogen) atoms. The maximum atomic E-state index is 13.0. The highest BCUT2D eigenvalue weighted by atomic mass is 32.2. The van der Waals surface area contributed by atoms with Crippen LogP contribution in [-0.2, 0) is 27.5 Å². The number of fused-ring (bicyclic) bond motifs is 3. The van der Waals surface area contributed by atoms with Crippen molar-refractivity contribution in [3.8, 4) is 0 Å². The van der Waals surface area contributed by atoms with Gasteiger partial charge in [-0.25, -0.2) is 8.42 Å². The number of allylic oxidation sites excluding steroid dienone is 4. The van der Waals surface area contributed by atoms with Crippen LogP contribution in [0.15, 0.2) is 114 Å². The Balaban J connectivity index is 0.000000376. The van der Waals surface area contributed by atoms with Crippen molar-refractivity contribution in [3.63, 3.8) is 0 Å². The Labute approximate surface area is 309 Å². The summed E-state index contributed by atoms with van der Waals surface area (Å²) in [6.45, 7) is 10.2. The van der Waals surface area contributed by atoms with E-state index in [4.69, 9.17) is 0 Å². The molecule has 12 heteroatoms. The molecule has 0 saturated heterocycles. The van der Waals surface area contributed by atoms with Crippen LogP contribution in [0.5, 0.6) is 0 Å². The van der Waals surface area contributed by atoms with Crippen molar-refractivity contribution in [2.24, 2.45) is 0 Å². The van der Waals surface area contributed by atoms with Gasteiger partial charge < -0.3 is 9.45 Å². The Morgan fingerprint density at radius 3 is 2.00 bits per heavy atom. The van der Waals surface area contributed by atoms with E-state index in [9.17, 15) is 32.7 Å². The van der Waals surface area contributed by atoms with Crippen LogP contribution in [0.25, 0.3) is 0 Å². The number of aryl methyl sites for hydroxylation is 1. The molecule has 0 radical (unpaired) electrons. The molecule has 4 aromatic carbocycles. The van der Waals surface area contributed by atoms with Crippen molar-refractivity contribution in [2.45, 2.75) is 56.9 Å². The average Bonchev–Trinajstić information content (AvgIpc) is 3.54. The number of anilines is 1. The van der Waals surface area contributed by atoms with E-state index in [-0.39, 0.29) is 22.5 Å². The third-order valence-corrected chi connectivity index (χ3v) is 11.2. The zero-order valence-electron chi connectivity index (χ0n) is 30.6. The highest BCUT2D eigenvalue weighted by molar-refractivity contribution is 7.85. The number of nitrogens with zero attached hydrogens (tertiary/aromatic N) is 4. The Morgan fingerprint density at radius 1 is 0.849 bits per heavy atom. The van der Waals surface area contributed by atoms with E-state index in [1.54, 1.807) is 48.5 Å². The number of amides is 2. The van der Waals surface area contributed by atoms with Gasteiger partial charge in [0.05, 0.1) is 38.5 Å². The summed E-state index contributed by atoms with van der Waals surface area (Å²) in [5.41, 5.74) is 7.37. The average molecular weight is 733 g/mol. The van der Waals surface area contributed by atoms with E-state index in [0.717, 1.165) is 27.4 Å². The fourth-order valence-electron chi connectivity index (χ4n) is 7.49. The number of benzene rings is 4. The van der Waals surface area contributed by atoms with Gasteiger partial charge in [-0.05, 0) is 62.7 Å². The molecule has 0 fully saturated rings. The lowest BCUT2D eigenvalue weighted by atomic mass is 9.81. The van der Waals surface area contributed by atoms with Crippen LogP contribution in [-0.4, -0.2) is 59.0 Å². The second kappa shape index (κ2) is 13.4. The Morgan fingerprint density at radius 2 is 1.43 bits per heavy atom. The molecule has 0 atom stereocenters. The van der Waals surface area contributed by atoms with Gasteiger partial charge in [0.25, 0.3) is 17.5 Å². The van der Waals surface area contributed by atoms with Gasteiger partial charge >= 0.3 is 0 Å². The Hall–Kier alpha value is -5.72. The predicted molar refractivity (Wildman–Crippen MR) is 202 cm³/mol. The summed E-state index contributed by atoms with van der Waals surface area (Å²) in [6.07, 6.45) is 6.25. The number of hydrogen-bond donors (Lipinski definition) is 0. The number of nitro benzene ring substituents is 1. The molecule has 272 valence electrons. The molecule has 0 spiro atoms. The zero-order valence-corrected chi connectivity index (χ0v) is 31.4. The molecule has 3 aliphatic heterocycles. The molecule has 0 aromatic heterocycles. The number of nitro groups is 1. The van der Waals surface area contributed by atoms with Crippen molar-refractivity contribution in [1.29, 1.82) is 0 Å². The molecule has 3 aliphatic rings. The summed E-state index contributed by atoms with van der Waals surface area (Å²) in [6, 6.07) is 24.2. The summed E-state index contributed by atoms with van der Waals surface area (Å²) in [5.74, 6) is -0.881. The minimum atomic E-state index is -4.27. The molecular weight excluding hydrogens is 693 g/mol. The Bertz CT molecular complexity index is 2370. The molecule has 0 aliphatic carbocycles. The van der Waals surface area contributed by atoms with Gasteiger partial charge in [0.15, 0.2) is 5.71 Å². The van der Waals surface area contributed by atoms with Gasteiger partial charge in [-0.2, -0.15) is 4.58 Å². The first-order chi connectivity index (χ1) is 24.9. The fourth-order valence-corrected chi connectivity index (χ4v) is 7.96. The molecule has 0 N–H and O–H groups in total. The van der Waals surface area contributed by atoms with Gasteiger partial charge in [-0.1, -0.05) is 68.0 Å². The number of rotatable bonds is 6. The molecule has 4 aromatic rings. The van der Waals surface area contributed by atoms with Crippen molar-refractivity contribution < 1.29 is 32.1 Å². The Kier molecular flexibility index (Phi) is 9.34. The third-order valence-electron chi connectivity index (χ3n) is 10.4. The van der Waals surface area contributed by atoms with Crippen LogP contribution in [0.1, 0.15) is 70.7 Å². The summed E-state index contributed by atoms with van der Waals surface area (Å²) in [4.78, 5) is 40.8. The van der Waals surface area contributed by atoms with Crippen LogP contribution in [0.4, 0.5) is 17.1 Å². The van der Waals surface area contributed by atoms with Crippen molar-refractivity contribution in [2.75, 3.05) is 19.0 Å². The van der Waals surface area contributed by atoms with Crippen molar-refractivity contribution in [3.05, 3.63) is 152 Å². The molecule has 0 unspecified atom stereocenters. The van der Waals surface area contributed by atoms with Crippen LogP contribution in [0, 0.1) is 17.0 Å². The second-order valence-corrected chi connectivity index (χ2v) is 15.8. The molecule has 7 rings (SSSR count). The highest BCUT2D eigenvalue weighted by Crippen LogP contribution is 2.49. The number of imide groups is 1. The molecule has 11 nitrogen and oxygen atoms in total. The first-order valence-corrected chi connectivity index (χ1v) is 18.4. The minimum absolute atomic E-state index is 0.105. The van der Waals surface area contributed by atoms with Crippen molar-refractivity contribution in [1.82, 2.24) is 4.90 Å². The predicted octanol–water partition coefficient (Wildman–Crippen LogP) is 7.16. The highest BCUT2D eigenvalue weighted by Gasteiger charge is 2.44. The van der Waals surface area contributed by atoms with Gasteiger partial charge in [0.2, 0.25) is 5.69 Å². The number of carbonyl (C=O) groups excluding carboxylic acids is 2. The first kappa shape index (κ1) is 37.1. The van der Waals surface area contributed by atoms with Gasteiger partial charge in [-0.15, -0.1) is 0 Å². The van der Waals surface area contributed by atoms with Crippen LogP contribution < -0.4 is 4.90 Å². The zero-order chi connectivity index (χ0) is 38.6. The van der Waals surface area contributed by atoms with Gasteiger partial charge in [-0.3, -0.25) is 24.6 Å². The summed E-state index contributed by atoms with van der Waals surface area (Å²) in [7, 11) is -0.245. The number of likely N-dealkylation sites (N-methyl/N-ethyl adjacent to an activating group) is 1. The van der Waals surface area contributed by atoms with Crippen LogP contribution in [0.2, 0.25) is 0 Å².